The van der Waals surface area contributed by atoms with Gasteiger partial charge in [-0.25, -0.2) is 9.38 Å². The summed E-state index contributed by atoms with van der Waals surface area (Å²) in [5.41, 5.74) is 3.68. The molecular weight excluding hydrogens is 441 g/mol. The van der Waals surface area contributed by atoms with Crippen molar-refractivity contribution in [1.82, 2.24) is 9.55 Å². The predicted octanol–water partition coefficient (Wildman–Crippen LogP) is 5.25. The largest absolute Gasteiger partial charge is 0.493 e. The van der Waals surface area contributed by atoms with Crippen LogP contribution in [0, 0.1) is 5.82 Å². The van der Waals surface area contributed by atoms with E-state index in [1.54, 1.807) is 45.9 Å². The third kappa shape index (κ3) is 5.06. The highest BCUT2D eigenvalue weighted by molar-refractivity contribution is 7.07. The molecular formula is C25H24FN3O3S. The van der Waals surface area contributed by atoms with Crippen molar-refractivity contribution in [3.8, 4) is 28.5 Å². The van der Waals surface area contributed by atoms with Crippen molar-refractivity contribution in [3.05, 3.63) is 82.5 Å². The Labute approximate surface area is 195 Å². The average Bonchev–Trinajstić information content (AvgIpc) is 3.25. The summed E-state index contributed by atoms with van der Waals surface area (Å²) in [6.07, 6.45) is 4.16. The van der Waals surface area contributed by atoms with Crippen LogP contribution in [0.15, 0.2) is 71.3 Å². The first-order valence-electron chi connectivity index (χ1n) is 10.3. The zero-order valence-electron chi connectivity index (χ0n) is 18.6. The zero-order valence-corrected chi connectivity index (χ0v) is 19.4. The van der Waals surface area contributed by atoms with Crippen molar-refractivity contribution < 1.29 is 18.6 Å². The monoisotopic (exact) mass is 465 g/mol. The Morgan fingerprint density at radius 1 is 1.00 bits per heavy atom. The van der Waals surface area contributed by atoms with Crippen molar-refractivity contribution >= 4 is 17.0 Å². The number of aryl methyl sites for hydroxylation is 1. The Kier molecular flexibility index (Phi) is 7.04. The van der Waals surface area contributed by atoms with Crippen LogP contribution < -0.4 is 19.0 Å². The maximum absolute atomic E-state index is 13.3. The number of ether oxygens (including phenoxy) is 3. The van der Waals surface area contributed by atoms with E-state index in [0.29, 0.717) is 30.2 Å². The van der Waals surface area contributed by atoms with Crippen molar-refractivity contribution in [2.75, 3.05) is 21.3 Å². The van der Waals surface area contributed by atoms with E-state index in [9.17, 15) is 4.39 Å². The molecule has 0 aliphatic rings. The fraction of sp³-hybridized carbons (Fsp3) is 0.200. The maximum atomic E-state index is 13.3. The molecule has 0 unspecified atom stereocenters. The highest BCUT2D eigenvalue weighted by atomic mass is 32.1. The summed E-state index contributed by atoms with van der Waals surface area (Å²) < 4.78 is 32.0. The van der Waals surface area contributed by atoms with Gasteiger partial charge in [-0.2, -0.15) is 0 Å². The number of methoxy groups -OCH3 is 3. The molecule has 0 spiro atoms. The van der Waals surface area contributed by atoms with E-state index in [2.05, 4.69) is 14.9 Å². The molecule has 0 bridgehead atoms. The van der Waals surface area contributed by atoms with E-state index < -0.39 is 0 Å². The van der Waals surface area contributed by atoms with Crippen molar-refractivity contribution in [2.24, 2.45) is 4.99 Å². The van der Waals surface area contributed by atoms with Gasteiger partial charge in [-0.15, -0.1) is 11.3 Å². The van der Waals surface area contributed by atoms with Crippen LogP contribution in [0.3, 0.4) is 0 Å². The Balaban J connectivity index is 1.81. The van der Waals surface area contributed by atoms with Crippen LogP contribution in [0.25, 0.3) is 11.3 Å². The van der Waals surface area contributed by atoms with Crippen molar-refractivity contribution in [1.29, 1.82) is 0 Å². The first kappa shape index (κ1) is 22.5. The molecule has 0 atom stereocenters. The number of nitrogens with zero attached hydrogens (tertiary/aromatic N) is 3. The van der Waals surface area contributed by atoms with Crippen LogP contribution in [-0.2, 0) is 13.0 Å². The minimum Gasteiger partial charge on any atom is -0.493 e. The maximum Gasteiger partial charge on any atom is 0.203 e. The quantitative estimate of drug-likeness (QED) is 0.357. The molecule has 0 saturated heterocycles. The molecule has 33 heavy (non-hydrogen) atoms. The lowest BCUT2D eigenvalue weighted by Crippen LogP contribution is -2.17. The number of halogens is 1. The van der Waals surface area contributed by atoms with E-state index >= 15 is 0 Å². The molecule has 0 amide bonds. The molecule has 0 N–H and O–H groups in total. The van der Waals surface area contributed by atoms with E-state index in [-0.39, 0.29) is 5.82 Å². The van der Waals surface area contributed by atoms with Crippen LogP contribution >= 0.6 is 11.3 Å². The first-order valence-corrected chi connectivity index (χ1v) is 11.2. The summed E-state index contributed by atoms with van der Waals surface area (Å²) in [6, 6.07) is 14.2. The average molecular weight is 466 g/mol. The molecule has 4 aromatic rings. The van der Waals surface area contributed by atoms with Crippen molar-refractivity contribution in [3.63, 3.8) is 0 Å². The van der Waals surface area contributed by atoms with Gasteiger partial charge >= 0.3 is 0 Å². The van der Waals surface area contributed by atoms with Gasteiger partial charge in [0.1, 0.15) is 5.82 Å². The number of pyridine rings is 1. The van der Waals surface area contributed by atoms with Crippen LogP contribution in [0.4, 0.5) is 10.1 Å². The minimum absolute atomic E-state index is 0.243. The Morgan fingerprint density at radius 3 is 2.33 bits per heavy atom. The molecule has 0 radical (unpaired) electrons. The van der Waals surface area contributed by atoms with Gasteiger partial charge in [0.05, 0.1) is 38.9 Å². The van der Waals surface area contributed by atoms with E-state index in [1.165, 1.54) is 23.5 Å². The minimum atomic E-state index is -0.243. The van der Waals surface area contributed by atoms with Gasteiger partial charge < -0.3 is 18.8 Å². The van der Waals surface area contributed by atoms with Crippen LogP contribution in [0.2, 0.25) is 0 Å². The topological polar surface area (TPSA) is 57.9 Å². The summed E-state index contributed by atoms with van der Waals surface area (Å²) >= 11 is 1.54. The summed E-state index contributed by atoms with van der Waals surface area (Å²) in [7, 11) is 4.78. The third-order valence-electron chi connectivity index (χ3n) is 5.17. The van der Waals surface area contributed by atoms with Crippen LogP contribution in [0.5, 0.6) is 17.2 Å². The van der Waals surface area contributed by atoms with E-state index in [4.69, 9.17) is 19.2 Å². The fourth-order valence-corrected chi connectivity index (χ4v) is 4.47. The number of hydrogen-bond donors (Lipinski definition) is 0. The second kappa shape index (κ2) is 10.3. The number of rotatable bonds is 8. The number of benzene rings is 2. The summed E-state index contributed by atoms with van der Waals surface area (Å²) in [5.74, 6) is 1.45. The molecule has 170 valence electrons. The molecule has 0 saturated carbocycles. The molecule has 0 aliphatic carbocycles. The van der Waals surface area contributed by atoms with Gasteiger partial charge in [0.2, 0.25) is 5.75 Å². The van der Waals surface area contributed by atoms with Gasteiger partial charge in [-0.1, -0.05) is 12.1 Å². The van der Waals surface area contributed by atoms with Gasteiger partial charge in [-0.3, -0.25) is 4.98 Å². The number of hydrogen-bond acceptors (Lipinski definition) is 6. The lowest BCUT2D eigenvalue weighted by atomic mass is 10.1. The van der Waals surface area contributed by atoms with E-state index in [1.807, 2.05) is 24.3 Å². The highest BCUT2D eigenvalue weighted by Gasteiger charge is 2.17. The summed E-state index contributed by atoms with van der Waals surface area (Å²) in [5, 5.41) is 2.06. The highest BCUT2D eigenvalue weighted by Crippen LogP contribution is 2.41. The molecule has 2 aromatic carbocycles. The lowest BCUT2D eigenvalue weighted by molar-refractivity contribution is 0.324. The molecule has 0 aliphatic heterocycles. The Morgan fingerprint density at radius 2 is 1.73 bits per heavy atom. The van der Waals surface area contributed by atoms with Gasteiger partial charge in [0.15, 0.2) is 16.3 Å². The molecule has 6 nitrogen and oxygen atoms in total. The Bertz CT molecular complexity index is 1260. The summed E-state index contributed by atoms with van der Waals surface area (Å²) in [6.45, 7) is 0.653. The SMILES string of the molecule is COc1cc(-c2csc(=Nc3cccnc3)n2CCc2ccc(F)cc2)cc(OC)c1OC. The van der Waals surface area contributed by atoms with Crippen molar-refractivity contribution in [2.45, 2.75) is 13.0 Å². The smallest absolute Gasteiger partial charge is 0.203 e. The standard InChI is InChI=1S/C25H24FN3O3S/c1-30-22-13-18(14-23(31-2)24(22)32-3)21-16-33-25(28-20-5-4-11-27-15-20)29(21)12-10-17-6-8-19(26)9-7-17/h4-9,11,13-16H,10,12H2,1-3H3. The summed E-state index contributed by atoms with van der Waals surface area (Å²) in [4.78, 5) is 9.79. The van der Waals surface area contributed by atoms with Gasteiger partial charge in [0.25, 0.3) is 0 Å². The Hall–Kier alpha value is -3.65. The fourth-order valence-electron chi connectivity index (χ4n) is 3.52. The second-order valence-electron chi connectivity index (χ2n) is 7.17. The van der Waals surface area contributed by atoms with E-state index in [0.717, 1.165) is 27.3 Å². The molecule has 2 heterocycles. The van der Waals surface area contributed by atoms with Gasteiger partial charge in [0, 0.05) is 23.7 Å². The molecule has 2 aromatic heterocycles. The predicted molar refractivity (Wildman–Crippen MR) is 127 cm³/mol. The molecule has 8 heteroatoms. The van der Waals surface area contributed by atoms with Gasteiger partial charge in [-0.05, 0) is 48.4 Å². The number of aromatic nitrogens is 2. The zero-order chi connectivity index (χ0) is 23.2. The van der Waals surface area contributed by atoms with Crippen LogP contribution in [-0.4, -0.2) is 30.9 Å². The normalized spacial score (nSPS) is 11.5. The van der Waals surface area contributed by atoms with Crippen LogP contribution in [0.1, 0.15) is 5.56 Å². The lowest BCUT2D eigenvalue weighted by Gasteiger charge is -2.15. The molecule has 0 fully saturated rings. The molecule has 4 rings (SSSR count). The first-order chi connectivity index (χ1) is 16.1. The third-order valence-corrected chi connectivity index (χ3v) is 6.03. The number of thiazole rings is 1. The second-order valence-corrected chi connectivity index (χ2v) is 8.01.